The smallest absolute Gasteiger partial charge is 0.338 e. The summed E-state index contributed by atoms with van der Waals surface area (Å²) in [5.74, 6) is -1.42. The van der Waals surface area contributed by atoms with Crippen LogP contribution in [-0.4, -0.2) is 34.1 Å². The zero-order chi connectivity index (χ0) is 26.1. The average molecular weight is 502 g/mol. The molecule has 7 nitrogen and oxygen atoms in total. The van der Waals surface area contributed by atoms with Gasteiger partial charge in [0.25, 0.3) is 11.8 Å². The minimum absolute atomic E-state index is 0.0108. The highest BCUT2D eigenvalue weighted by molar-refractivity contribution is 7.80. The van der Waals surface area contributed by atoms with E-state index in [4.69, 9.17) is 17.0 Å². The number of aromatic nitrogens is 1. The van der Waals surface area contributed by atoms with Gasteiger partial charge in [-0.1, -0.05) is 12.1 Å². The minimum atomic E-state index is -0.542. The number of carbonyl (C=O) groups excluding carboxylic acids is 3. The molecule has 1 aliphatic heterocycles. The summed E-state index contributed by atoms with van der Waals surface area (Å²) in [6, 6.07) is 14.7. The molecule has 2 amide bonds. The fourth-order valence-corrected chi connectivity index (χ4v) is 4.73. The van der Waals surface area contributed by atoms with E-state index in [1.54, 1.807) is 31.2 Å². The third-order valence-corrected chi connectivity index (χ3v) is 6.24. The number of nitrogens with one attached hydrogen (secondary N) is 1. The molecule has 1 aliphatic rings. The van der Waals surface area contributed by atoms with E-state index >= 15 is 0 Å². The molecule has 0 unspecified atom stereocenters. The Balaban J connectivity index is 1.75. The van der Waals surface area contributed by atoms with Gasteiger partial charge in [-0.2, -0.15) is 0 Å². The van der Waals surface area contributed by atoms with E-state index in [1.165, 1.54) is 4.90 Å². The highest BCUT2D eigenvalue weighted by Gasteiger charge is 2.35. The lowest BCUT2D eigenvalue weighted by Gasteiger charge is -2.29. The lowest BCUT2D eigenvalue weighted by molar-refractivity contribution is -0.122. The van der Waals surface area contributed by atoms with Crippen LogP contribution in [0, 0.1) is 27.7 Å². The molecule has 3 aromatic rings. The van der Waals surface area contributed by atoms with E-state index in [0.717, 1.165) is 28.2 Å². The van der Waals surface area contributed by atoms with Crippen LogP contribution in [0.4, 0.5) is 5.69 Å². The number of aryl methyl sites for hydroxylation is 3. The predicted octanol–water partition coefficient (Wildman–Crippen LogP) is 4.72. The van der Waals surface area contributed by atoms with Crippen molar-refractivity contribution >= 4 is 46.9 Å². The van der Waals surface area contributed by atoms with E-state index in [2.05, 4.69) is 5.32 Å². The number of nitrogens with zero attached hydrogens (tertiary/aromatic N) is 2. The number of rotatable bonds is 5. The second kappa shape index (κ2) is 9.91. The number of benzene rings is 2. The van der Waals surface area contributed by atoms with E-state index in [-0.39, 0.29) is 10.7 Å². The molecule has 2 heterocycles. The van der Waals surface area contributed by atoms with Gasteiger partial charge in [0.1, 0.15) is 5.57 Å². The van der Waals surface area contributed by atoms with Gasteiger partial charge < -0.3 is 9.30 Å². The van der Waals surface area contributed by atoms with Gasteiger partial charge >= 0.3 is 5.97 Å². The molecule has 0 aliphatic carbocycles. The zero-order valence-electron chi connectivity index (χ0n) is 20.8. The second-order valence-corrected chi connectivity index (χ2v) is 9.12. The molecule has 2 aromatic carbocycles. The minimum Gasteiger partial charge on any atom is -0.462 e. The van der Waals surface area contributed by atoms with Crippen LogP contribution in [0.3, 0.4) is 0 Å². The topological polar surface area (TPSA) is 80.6 Å². The maximum Gasteiger partial charge on any atom is 0.338 e. The number of esters is 1. The van der Waals surface area contributed by atoms with E-state index in [1.807, 2.05) is 62.6 Å². The Morgan fingerprint density at radius 3 is 2.36 bits per heavy atom. The van der Waals surface area contributed by atoms with Crippen LogP contribution < -0.4 is 10.2 Å². The lowest BCUT2D eigenvalue weighted by Crippen LogP contribution is -2.54. The van der Waals surface area contributed by atoms with Crippen molar-refractivity contribution in [3.8, 4) is 5.69 Å². The quantitative estimate of drug-likeness (QED) is 0.237. The summed E-state index contributed by atoms with van der Waals surface area (Å²) >= 11 is 5.34. The molecule has 184 valence electrons. The number of carbonyl (C=O) groups is 3. The Morgan fingerprint density at radius 2 is 1.69 bits per heavy atom. The van der Waals surface area contributed by atoms with Gasteiger partial charge in [-0.05, 0) is 106 Å². The number of hydrogen-bond donors (Lipinski definition) is 1. The normalized spacial score (nSPS) is 14.9. The van der Waals surface area contributed by atoms with Crippen molar-refractivity contribution < 1.29 is 19.1 Å². The Labute approximate surface area is 215 Å². The first-order chi connectivity index (χ1) is 17.1. The van der Waals surface area contributed by atoms with Crippen molar-refractivity contribution in [1.29, 1.82) is 0 Å². The second-order valence-electron chi connectivity index (χ2n) is 8.74. The number of hydrogen-bond acceptors (Lipinski definition) is 5. The molecule has 0 bridgehead atoms. The van der Waals surface area contributed by atoms with Crippen molar-refractivity contribution in [2.75, 3.05) is 11.5 Å². The zero-order valence-corrected chi connectivity index (χ0v) is 21.7. The monoisotopic (exact) mass is 501 g/mol. The summed E-state index contributed by atoms with van der Waals surface area (Å²) in [7, 11) is 0. The molecule has 0 spiro atoms. The Morgan fingerprint density at radius 1 is 1.00 bits per heavy atom. The number of ether oxygens (including phenoxy) is 1. The molecule has 0 saturated carbocycles. The predicted molar refractivity (Wildman–Crippen MR) is 143 cm³/mol. The van der Waals surface area contributed by atoms with E-state index in [9.17, 15) is 14.4 Å². The summed E-state index contributed by atoms with van der Waals surface area (Å²) in [4.78, 5) is 39.9. The van der Waals surface area contributed by atoms with E-state index in [0.29, 0.717) is 23.4 Å². The lowest BCUT2D eigenvalue weighted by atomic mass is 10.1. The van der Waals surface area contributed by atoms with Gasteiger partial charge in [0.05, 0.1) is 17.9 Å². The third kappa shape index (κ3) is 4.72. The third-order valence-electron chi connectivity index (χ3n) is 5.95. The van der Waals surface area contributed by atoms with Crippen LogP contribution in [-0.2, 0) is 14.3 Å². The van der Waals surface area contributed by atoms with Gasteiger partial charge in [0.2, 0.25) is 0 Å². The molecule has 1 fully saturated rings. The van der Waals surface area contributed by atoms with Crippen molar-refractivity contribution in [2.45, 2.75) is 34.6 Å². The van der Waals surface area contributed by atoms with Crippen LogP contribution in [0.5, 0.6) is 0 Å². The highest BCUT2D eigenvalue weighted by atomic mass is 32.1. The molecule has 4 rings (SSSR count). The fraction of sp³-hybridized carbons (Fsp3) is 0.214. The van der Waals surface area contributed by atoms with E-state index < -0.39 is 17.8 Å². The summed E-state index contributed by atoms with van der Waals surface area (Å²) in [5.41, 5.74) is 6.18. The summed E-state index contributed by atoms with van der Waals surface area (Å²) in [6.07, 6.45) is 1.59. The Hall–Kier alpha value is -4.04. The fourth-order valence-electron chi connectivity index (χ4n) is 4.44. The molecule has 0 atom stereocenters. The SMILES string of the molecule is CCOC(=O)c1cccc(-n2c(C)cc(/C=C3\C(=O)NC(=S)N(c4cc(C)cc(C)c4)C3=O)c2C)c1. The highest BCUT2D eigenvalue weighted by Crippen LogP contribution is 2.27. The number of thiocarbonyl (C=S) groups is 1. The molecule has 1 aromatic heterocycles. The molecule has 1 N–H and O–H groups in total. The molecule has 1 saturated heterocycles. The summed E-state index contributed by atoms with van der Waals surface area (Å²) in [5, 5.41) is 2.69. The molecular formula is C28H27N3O4S. The van der Waals surface area contributed by atoms with Crippen molar-refractivity contribution in [3.05, 3.63) is 87.7 Å². The average Bonchev–Trinajstić information content (AvgIpc) is 3.08. The van der Waals surface area contributed by atoms with Gasteiger partial charge in [0.15, 0.2) is 5.11 Å². The van der Waals surface area contributed by atoms with Crippen molar-refractivity contribution in [2.24, 2.45) is 0 Å². The van der Waals surface area contributed by atoms with Crippen LogP contribution in [0.25, 0.3) is 11.8 Å². The standard InChI is InChI=1S/C28H27N3O4S/c1-6-35-27(34)20-8-7-9-22(14-20)30-18(4)13-21(19(30)5)15-24-25(32)29-28(36)31(26(24)33)23-11-16(2)10-17(3)12-23/h7-15H,6H2,1-5H3,(H,29,32,36)/b24-15+. The van der Waals surface area contributed by atoms with Crippen LogP contribution in [0.1, 0.15) is 45.4 Å². The van der Waals surface area contributed by atoms with Gasteiger partial charge in [-0.15, -0.1) is 0 Å². The van der Waals surface area contributed by atoms with Gasteiger partial charge in [-0.25, -0.2) is 4.79 Å². The first kappa shape index (κ1) is 25.1. The first-order valence-corrected chi connectivity index (χ1v) is 12.0. The van der Waals surface area contributed by atoms with Crippen LogP contribution >= 0.6 is 12.2 Å². The largest absolute Gasteiger partial charge is 0.462 e. The van der Waals surface area contributed by atoms with Crippen LogP contribution in [0.15, 0.2) is 54.1 Å². The van der Waals surface area contributed by atoms with Crippen LogP contribution in [0.2, 0.25) is 0 Å². The molecular weight excluding hydrogens is 474 g/mol. The Kier molecular flexibility index (Phi) is 6.90. The maximum absolute atomic E-state index is 13.5. The number of anilines is 1. The van der Waals surface area contributed by atoms with Crippen molar-refractivity contribution in [3.63, 3.8) is 0 Å². The summed E-state index contributed by atoms with van der Waals surface area (Å²) < 4.78 is 7.09. The summed E-state index contributed by atoms with van der Waals surface area (Å²) in [6.45, 7) is 9.75. The van der Waals surface area contributed by atoms with Gasteiger partial charge in [-0.3, -0.25) is 19.8 Å². The van der Waals surface area contributed by atoms with Crippen molar-refractivity contribution in [1.82, 2.24) is 9.88 Å². The Bertz CT molecular complexity index is 1430. The molecule has 36 heavy (non-hydrogen) atoms. The van der Waals surface area contributed by atoms with Gasteiger partial charge in [0, 0.05) is 17.1 Å². The maximum atomic E-state index is 13.5. The molecule has 0 radical (unpaired) electrons. The molecule has 8 heteroatoms. The number of amides is 2. The first-order valence-electron chi connectivity index (χ1n) is 11.6.